The largest absolute Gasteiger partial charge is 0.476 e. The van der Waals surface area contributed by atoms with Crippen molar-refractivity contribution in [2.75, 3.05) is 6.61 Å². The van der Waals surface area contributed by atoms with E-state index >= 15 is 0 Å². The van der Waals surface area contributed by atoms with E-state index in [2.05, 4.69) is 20.2 Å². The van der Waals surface area contributed by atoms with E-state index in [9.17, 15) is 19.2 Å². The molecule has 4 aromatic rings. The van der Waals surface area contributed by atoms with Gasteiger partial charge < -0.3 is 9.84 Å². The zero-order valence-corrected chi connectivity index (χ0v) is 19.4. The Bertz CT molecular complexity index is 1690. The Morgan fingerprint density at radius 1 is 0.917 bits per heavy atom. The van der Waals surface area contributed by atoms with Gasteiger partial charge in [-0.3, -0.25) is 19.8 Å². The second-order valence-corrected chi connectivity index (χ2v) is 7.14. The van der Waals surface area contributed by atoms with Gasteiger partial charge in [0.25, 0.3) is 11.1 Å². The van der Waals surface area contributed by atoms with Crippen molar-refractivity contribution in [2.24, 2.45) is 0 Å². The Balaban J connectivity index is 0.000000202. The highest BCUT2D eigenvalue weighted by Crippen LogP contribution is 2.11. The van der Waals surface area contributed by atoms with Crippen LogP contribution in [0.2, 0.25) is 0 Å². The molecular weight excluding hydrogens is 472 g/mol. The molecule has 0 amide bonds. The number of carboxylic acid groups (broad SMARTS) is 1. The molecule has 0 saturated carbocycles. The van der Waals surface area contributed by atoms with Crippen molar-refractivity contribution in [3.63, 3.8) is 0 Å². The number of carbonyl (C=O) groups excluding carboxylic acids is 1. The second-order valence-electron chi connectivity index (χ2n) is 7.14. The zero-order valence-electron chi connectivity index (χ0n) is 19.4. The molecule has 0 aromatic carbocycles. The smallest absolute Gasteiger partial charge is 0.357 e. The Hall–Kier alpha value is -5.24. The first-order chi connectivity index (χ1) is 17.2. The lowest BCUT2D eigenvalue weighted by Crippen LogP contribution is -2.25. The summed E-state index contributed by atoms with van der Waals surface area (Å²) in [5.74, 6) is -1.92. The van der Waals surface area contributed by atoms with Crippen LogP contribution in [0.3, 0.4) is 0 Å². The van der Waals surface area contributed by atoms with Gasteiger partial charge in [0, 0.05) is 12.4 Å². The maximum Gasteiger partial charge on any atom is 0.357 e. The molecule has 0 aliphatic heterocycles. The highest BCUT2D eigenvalue weighted by Gasteiger charge is 2.21. The molecule has 4 aromatic heterocycles. The number of aromatic nitrogens is 6. The Kier molecular flexibility index (Phi) is 7.30. The first-order valence-electron chi connectivity index (χ1n) is 10.7. The summed E-state index contributed by atoms with van der Waals surface area (Å²) in [5, 5.41) is 31.9. The summed E-state index contributed by atoms with van der Waals surface area (Å²) in [7, 11) is 0. The number of carbonyl (C=O) groups is 2. The maximum atomic E-state index is 12.2. The van der Waals surface area contributed by atoms with E-state index in [4.69, 9.17) is 20.4 Å². The fraction of sp³-hybridized carbons (Fsp3) is 0.273. The van der Waals surface area contributed by atoms with Gasteiger partial charge in [-0.25, -0.2) is 28.6 Å². The van der Waals surface area contributed by atoms with Crippen molar-refractivity contribution >= 4 is 23.2 Å². The first kappa shape index (κ1) is 25.4. The zero-order chi connectivity index (χ0) is 26.6. The molecule has 0 unspecified atom stereocenters. The number of nitrogens with one attached hydrogen (secondary N) is 2. The van der Waals surface area contributed by atoms with Gasteiger partial charge in [0.05, 0.1) is 17.7 Å². The lowest BCUT2D eigenvalue weighted by atomic mass is 10.1. The van der Waals surface area contributed by atoms with Crippen LogP contribution in [0.5, 0.6) is 0 Å². The summed E-state index contributed by atoms with van der Waals surface area (Å²) in [4.78, 5) is 54.9. The van der Waals surface area contributed by atoms with Gasteiger partial charge in [-0.1, -0.05) is 13.8 Å². The second kappa shape index (κ2) is 10.4. The lowest BCUT2D eigenvalue weighted by Gasteiger charge is -2.06. The van der Waals surface area contributed by atoms with Crippen molar-refractivity contribution < 1.29 is 19.4 Å². The van der Waals surface area contributed by atoms with E-state index < -0.39 is 23.1 Å². The molecule has 0 spiro atoms. The minimum atomic E-state index is -1.27. The van der Waals surface area contributed by atoms with Gasteiger partial charge in [-0.15, -0.1) is 0 Å². The third-order valence-electron chi connectivity index (χ3n) is 5.13. The molecule has 36 heavy (non-hydrogen) atoms. The van der Waals surface area contributed by atoms with E-state index in [-0.39, 0.29) is 58.0 Å². The third kappa shape index (κ3) is 4.30. The van der Waals surface area contributed by atoms with Crippen LogP contribution >= 0.6 is 0 Å². The van der Waals surface area contributed by atoms with Crippen LogP contribution in [0, 0.1) is 22.7 Å². The van der Waals surface area contributed by atoms with Gasteiger partial charge in [-0.05, 0) is 19.8 Å². The number of carboxylic acids is 1. The van der Waals surface area contributed by atoms with Gasteiger partial charge in [0.2, 0.25) is 0 Å². The number of rotatable bonds is 5. The molecule has 14 nitrogen and oxygen atoms in total. The number of ether oxygens (including phenoxy) is 1. The Morgan fingerprint density at radius 3 is 1.75 bits per heavy atom. The average molecular weight is 492 g/mol. The van der Waals surface area contributed by atoms with E-state index in [1.54, 1.807) is 20.8 Å². The monoisotopic (exact) mass is 492 g/mol. The number of esters is 1. The lowest BCUT2D eigenvalue weighted by molar-refractivity contribution is 0.0517. The molecule has 0 bridgehead atoms. The van der Waals surface area contributed by atoms with Crippen LogP contribution in [0.4, 0.5) is 0 Å². The van der Waals surface area contributed by atoms with Gasteiger partial charge in [-0.2, -0.15) is 10.5 Å². The first-order valence-corrected chi connectivity index (χ1v) is 10.7. The van der Waals surface area contributed by atoms with E-state index in [1.165, 1.54) is 12.4 Å². The van der Waals surface area contributed by atoms with Crippen LogP contribution in [0.25, 0.3) is 11.3 Å². The number of aromatic carboxylic acids is 1. The number of aromatic amines is 2. The summed E-state index contributed by atoms with van der Waals surface area (Å²) in [6, 6.07) is 3.74. The molecule has 14 heteroatoms. The summed E-state index contributed by atoms with van der Waals surface area (Å²) in [6.07, 6.45) is 3.30. The third-order valence-corrected chi connectivity index (χ3v) is 5.13. The quantitative estimate of drug-likeness (QED) is 0.333. The predicted molar refractivity (Wildman–Crippen MR) is 123 cm³/mol. The highest BCUT2D eigenvalue weighted by molar-refractivity contribution is 5.89. The molecule has 184 valence electrons. The molecule has 4 rings (SSSR count). The molecule has 0 aliphatic rings. The van der Waals surface area contributed by atoms with E-state index in [1.807, 2.05) is 12.1 Å². The SMILES string of the molecule is CCOC(=O)c1nc2c(C#N)c[nH]n2c(=O)c1CC.CCc1c(C(=O)O)nc2c(C#N)c[nH]n2c1=O. The van der Waals surface area contributed by atoms with Crippen LogP contribution in [-0.4, -0.2) is 52.8 Å². The highest BCUT2D eigenvalue weighted by atomic mass is 16.5. The fourth-order valence-corrected chi connectivity index (χ4v) is 3.45. The van der Waals surface area contributed by atoms with Crippen LogP contribution in [-0.2, 0) is 17.6 Å². The number of hydrogen-bond donors (Lipinski definition) is 3. The van der Waals surface area contributed by atoms with E-state index in [0.29, 0.717) is 6.42 Å². The number of fused-ring (bicyclic) bond motifs is 2. The molecule has 0 atom stereocenters. The van der Waals surface area contributed by atoms with Crippen molar-refractivity contribution in [2.45, 2.75) is 33.6 Å². The van der Waals surface area contributed by atoms with Crippen LogP contribution < -0.4 is 11.1 Å². The average Bonchev–Trinajstić information content (AvgIpc) is 3.48. The summed E-state index contributed by atoms with van der Waals surface area (Å²) in [5.41, 5.74) is -0.325. The van der Waals surface area contributed by atoms with Crippen molar-refractivity contribution in [3.8, 4) is 12.1 Å². The Morgan fingerprint density at radius 2 is 1.36 bits per heavy atom. The van der Waals surface area contributed by atoms with Crippen molar-refractivity contribution in [1.29, 1.82) is 10.5 Å². The van der Waals surface area contributed by atoms with E-state index in [0.717, 1.165) is 9.03 Å². The van der Waals surface area contributed by atoms with Crippen LogP contribution in [0.15, 0.2) is 22.0 Å². The summed E-state index contributed by atoms with van der Waals surface area (Å²) < 4.78 is 7.11. The molecule has 0 aliphatic carbocycles. The number of nitrogens with zero attached hydrogens (tertiary/aromatic N) is 6. The Labute approximate surface area is 202 Å². The summed E-state index contributed by atoms with van der Waals surface area (Å²) in [6.45, 7) is 5.29. The van der Waals surface area contributed by atoms with Gasteiger partial charge in [0.15, 0.2) is 22.7 Å². The fourth-order valence-electron chi connectivity index (χ4n) is 3.45. The van der Waals surface area contributed by atoms with Crippen molar-refractivity contribution in [1.82, 2.24) is 29.2 Å². The standard InChI is InChI=1S/C12H12N4O3.C10H8N4O3/c1-3-8-9(12(18)19-4-2)15-10-7(5-13)6-14-16(10)11(8)17;1-2-6-7(10(16)17)13-8-5(3-11)4-12-14(8)9(6)15/h6,14H,3-4H2,1-2H3;4,12H,2H2,1H3,(H,16,17). The molecule has 3 N–H and O–H groups in total. The van der Waals surface area contributed by atoms with Crippen LogP contribution in [0.1, 0.15) is 64.0 Å². The maximum absolute atomic E-state index is 12.2. The number of hydrogen-bond acceptors (Lipinski definition) is 9. The molecule has 0 saturated heterocycles. The minimum absolute atomic E-state index is 0.0227. The molecule has 0 radical (unpaired) electrons. The number of nitriles is 2. The molecular formula is C22H20N8O6. The summed E-state index contributed by atoms with van der Waals surface area (Å²) >= 11 is 0. The molecule has 4 heterocycles. The van der Waals surface area contributed by atoms with Crippen molar-refractivity contribution in [3.05, 3.63) is 66.7 Å². The number of H-pyrrole nitrogens is 2. The minimum Gasteiger partial charge on any atom is -0.476 e. The topological polar surface area (TPSA) is 211 Å². The van der Waals surface area contributed by atoms with Gasteiger partial charge in [0.1, 0.15) is 23.3 Å². The van der Waals surface area contributed by atoms with Gasteiger partial charge >= 0.3 is 11.9 Å². The normalized spacial score (nSPS) is 10.4. The predicted octanol–water partition coefficient (Wildman–Crippen LogP) is 0.788. The molecule has 0 fully saturated rings.